The zero-order valence-electron chi connectivity index (χ0n) is 20.9. The Bertz CT molecular complexity index is 837. The van der Waals surface area contributed by atoms with Crippen molar-refractivity contribution in [2.75, 3.05) is 38.3 Å². The van der Waals surface area contributed by atoms with Gasteiger partial charge in [0.2, 0.25) is 0 Å². The first-order valence-electron chi connectivity index (χ1n) is 11.8. The van der Waals surface area contributed by atoms with Crippen LogP contribution in [-0.4, -0.2) is 67.7 Å². The van der Waals surface area contributed by atoms with Gasteiger partial charge in [-0.1, -0.05) is 0 Å². The van der Waals surface area contributed by atoms with Crippen LogP contribution in [0.1, 0.15) is 69.3 Å². The lowest BCUT2D eigenvalue weighted by atomic mass is 9.97. The third-order valence-electron chi connectivity index (χ3n) is 6.39. The van der Waals surface area contributed by atoms with Crippen molar-refractivity contribution in [2.24, 2.45) is 0 Å². The molecule has 2 aliphatic heterocycles. The molecule has 1 atom stereocenters. The molecule has 0 aliphatic carbocycles. The molecule has 33 heavy (non-hydrogen) atoms. The number of amides is 2. The molecular formula is C25H40ClN3O4. The molecule has 2 heterocycles. The van der Waals surface area contributed by atoms with Crippen LogP contribution in [-0.2, 0) is 9.53 Å². The molecule has 0 aromatic heterocycles. The summed E-state index contributed by atoms with van der Waals surface area (Å²) in [6, 6.07) is 4.04. The monoisotopic (exact) mass is 481 g/mol. The van der Waals surface area contributed by atoms with Crippen LogP contribution in [0.25, 0.3) is 0 Å². The molecule has 1 aromatic rings. The number of fused-ring (bicyclic) bond motifs is 1. The number of nitrogens with one attached hydrogen (secondary N) is 1. The minimum absolute atomic E-state index is 0. The Morgan fingerprint density at radius 3 is 2.67 bits per heavy atom. The molecule has 2 amide bonds. The summed E-state index contributed by atoms with van der Waals surface area (Å²) in [6.07, 6.45) is 3.75. The van der Waals surface area contributed by atoms with Crippen LogP contribution >= 0.6 is 12.4 Å². The fraction of sp³-hybridized carbons (Fsp3) is 0.680. The zero-order valence-corrected chi connectivity index (χ0v) is 21.7. The van der Waals surface area contributed by atoms with Gasteiger partial charge in [0.15, 0.2) is 5.60 Å². The Morgan fingerprint density at radius 2 is 2.06 bits per heavy atom. The molecule has 1 saturated heterocycles. The average molecular weight is 482 g/mol. The molecular weight excluding hydrogens is 442 g/mol. The van der Waals surface area contributed by atoms with Crippen LogP contribution < -0.4 is 15.0 Å². The first kappa shape index (κ1) is 27.4. The quantitative estimate of drug-likeness (QED) is 0.569. The maximum absolute atomic E-state index is 13.7. The SMILES string of the molecule is COCCCCN1C(=O)C(C)(C)Oc2cc(C)c(C(=O)N(C(C)C)[C@@H]3CCCNC3)cc21.Cl. The van der Waals surface area contributed by atoms with E-state index in [9.17, 15) is 9.59 Å². The van der Waals surface area contributed by atoms with Gasteiger partial charge in [0, 0.05) is 44.5 Å². The Balaban J connectivity index is 0.00000385. The molecule has 0 radical (unpaired) electrons. The third-order valence-corrected chi connectivity index (χ3v) is 6.39. The number of methoxy groups -OCH3 is 1. The number of carbonyl (C=O) groups is 2. The number of benzene rings is 1. The van der Waals surface area contributed by atoms with Crippen molar-refractivity contribution in [2.45, 2.75) is 78.0 Å². The highest BCUT2D eigenvalue weighted by atomic mass is 35.5. The molecule has 8 heteroatoms. The number of aryl methyl sites for hydroxylation is 1. The zero-order chi connectivity index (χ0) is 23.5. The molecule has 186 valence electrons. The molecule has 0 bridgehead atoms. The molecule has 2 aliphatic rings. The van der Waals surface area contributed by atoms with Gasteiger partial charge in [-0.05, 0) is 84.5 Å². The van der Waals surface area contributed by atoms with E-state index < -0.39 is 5.60 Å². The fourth-order valence-corrected chi connectivity index (χ4v) is 4.72. The second-order valence-corrected chi connectivity index (χ2v) is 9.71. The van der Waals surface area contributed by atoms with Crippen molar-refractivity contribution in [1.82, 2.24) is 10.2 Å². The number of ether oxygens (including phenoxy) is 2. The molecule has 1 aromatic carbocycles. The summed E-state index contributed by atoms with van der Waals surface area (Å²) in [5.41, 5.74) is 1.25. The lowest BCUT2D eigenvalue weighted by Gasteiger charge is -2.40. The number of piperidine rings is 1. The summed E-state index contributed by atoms with van der Waals surface area (Å²) < 4.78 is 11.2. The van der Waals surface area contributed by atoms with Gasteiger partial charge in [0.05, 0.1) is 5.69 Å². The molecule has 0 spiro atoms. The lowest BCUT2D eigenvalue weighted by Crippen LogP contribution is -2.53. The van der Waals surface area contributed by atoms with Crippen LogP contribution in [0.3, 0.4) is 0 Å². The van der Waals surface area contributed by atoms with Gasteiger partial charge >= 0.3 is 0 Å². The maximum atomic E-state index is 13.7. The third kappa shape index (κ3) is 6.00. The lowest BCUT2D eigenvalue weighted by molar-refractivity contribution is -0.132. The Morgan fingerprint density at radius 1 is 1.33 bits per heavy atom. The van der Waals surface area contributed by atoms with Crippen molar-refractivity contribution in [3.05, 3.63) is 23.3 Å². The fourth-order valence-electron chi connectivity index (χ4n) is 4.72. The number of hydrogen-bond donors (Lipinski definition) is 1. The highest BCUT2D eigenvalue weighted by molar-refractivity contribution is 6.05. The summed E-state index contributed by atoms with van der Waals surface area (Å²) in [5.74, 6) is 0.596. The summed E-state index contributed by atoms with van der Waals surface area (Å²) in [5, 5.41) is 3.42. The van der Waals surface area contributed by atoms with Crippen LogP contribution in [0.15, 0.2) is 12.1 Å². The summed E-state index contributed by atoms with van der Waals surface area (Å²) >= 11 is 0. The van der Waals surface area contributed by atoms with Gasteiger partial charge < -0.3 is 24.6 Å². The van der Waals surface area contributed by atoms with E-state index in [1.54, 1.807) is 25.9 Å². The van der Waals surface area contributed by atoms with Crippen LogP contribution in [0.2, 0.25) is 0 Å². The summed E-state index contributed by atoms with van der Waals surface area (Å²) in [7, 11) is 1.68. The highest BCUT2D eigenvalue weighted by Gasteiger charge is 2.41. The van der Waals surface area contributed by atoms with E-state index in [4.69, 9.17) is 9.47 Å². The minimum Gasteiger partial charge on any atom is -0.476 e. The van der Waals surface area contributed by atoms with Gasteiger partial charge in [-0.15, -0.1) is 12.4 Å². The van der Waals surface area contributed by atoms with Gasteiger partial charge in [0.1, 0.15) is 5.75 Å². The minimum atomic E-state index is -0.941. The standard InChI is InChI=1S/C25H39N3O4.ClH/c1-17(2)28(19-10-9-11-26-16-19)23(29)20-15-21-22(14-18(20)3)32-25(4,5)24(30)27(21)12-7-8-13-31-6;/h14-15,17,19,26H,7-13,16H2,1-6H3;1H/t19-;/m1./s1. The van der Waals surface area contributed by atoms with Gasteiger partial charge in [0.25, 0.3) is 11.8 Å². The number of carbonyl (C=O) groups excluding carboxylic acids is 2. The molecule has 0 unspecified atom stereocenters. The number of halogens is 1. The number of rotatable bonds is 8. The number of anilines is 1. The van der Waals surface area contributed by atoms with E-state index in [0.29, 0.717) is 30.2 Å². The molecule has 7 nitrogen and oxygen atoms in total. The molecule has 3 rings (SSSR count). The van der Waals surface area contributed by atoms with Gasteiger partial charge in [-0.3, -0.25) is 9.59 Å². The van der Waals surface area contributed by atoms with Crippen molar-refractivity contribution in [3.8, 4) is 5.75 Å². The van der Waals surface area contributed by atoms with Crippen molar-refractivity contribution >= 4 is 29.9 Å². The largest absolute Gasteiger partial charge is 0.476 e. The predicted octanol–water partition coefficient (Wildman–Crippen LogP) is 3.95. The van der Waals surface area contributed by atoms with E-state index in [1.807, 2.05) is 24.0 Å². The van der Waals surface area contributed by atoms with E-state index in [1.165, 1.54) is 0 Å². The predicted molar refractivity (Wildman–Crippen MR) is 134 cm³/mol. The maximum Gasteiger partial charge on any atom is 0.270 e. The van der Waals surface area contributed by atoms with Crippen molar-refractivity contribution < 1.29 is 19.1 Å². The summed E-state index contributed by atoms with van der Waals surface area (Å²) in [4.78, 5) is 30.7. The number of nitrogens with zero attached hydrogens (tertiary/aromatic N) is 2. The Kier molecular flexibility index (Phi) is 9.58. The number of unbranched alkanes of at least 4 members (excludes halogenated alkanes) is 1. The second kappa shape index (κ2) is 11.5. The van der Waals surface area contributed by atoms with E-state index in [2.05, 4.69) is 19.2 Å². The van der Waals surface area contributed by atoms with E-state index >= 15 is 0 Å². The van der Waals surface area contributed by atoms with E-state index in [0.717, 1.165) is 44.3 Å². The summed E-state index contributed by atoms with van der Waals surface area (Å²) in [6.45, 7) is 12.7. The van der Waals surface area contributed by atoms with Crippen LogP contribution in [0.4, 0.5) is 5.69 Å². The van der Waals surface area contributed by atoms with Crippen LogP contribution in [0, 0.1) is 6.92 Å². The highest BCUT2D eigenvalue weighted by Crippen LogP contribution is 2.40. The smallest absolute Gasteiger partial charge is 0.270 e. The van der Waals surface area contributed by atoms with Crippen LogP contribution in [0.5, 0.6) is 5.75 Å². The van der Waals surface area contributed by atoms with Crippen molar-refractivity contribution in [3.63, 3.8) is 0 Å². The second-order valence-electron chi connectivity index (χ2n) is 9.71. The molecule has 1 N–H and O–H groups in total. The van der Waals surface area contributed by atoms with Gasteiger partial charge in [-0.25, -0.2) is 0 Å². The topological polar surface area (TPSA) is 71.1 Å². The first-order valence-corrected chi connectivity index (χ1v) is 11.8. The first-order chi connectivity index (χ1) is 15.2. The Labute approximate surface area is 204 Å². The Hall–Kier alpha value is -1.83. The van der Waals surface area contributed by atoms with E-state index in [-0.39, 0.29) is 36.3 Å². The van der Waals surface area contributed by atoms with Gasteiger partial charge in [-0.2, -0.15) is 0 Å². The average Bonchev–Trinajstić information content (AvgIpc) is 2.73. The number of hydrogen-bond acceptors (Lipinski definition) is 5. The molecule has 0 saturated carbocycles. The normalized spacial score (nSPS) is 19.5. The molecule has 1 fully saturated rings. The van der Waals surface area contributed by atoms with Crippen molar-refractivity contribution in [1.29, 1.82) is 0 Å².